The van der Waals surface area contributed by atoms with Crippen molar-refractivity contribution < 1.29 is 19.1 Å². The predicted octanol–water partition coefficient (Wildman–Crippen LogP) is 3.30. The Labute approximate surface area is 188 Å². The molecule has 33 heavy (non-hydrogen) atoms. The van der Waals surface area contributed by atoms with Gasteiger partial charge in [-0.2, -0.15) is 0 Å². The van der Waals surface area contributed by atoms with Crippen molar-refractivity contribution in [1.82, 2.24) is 9.55 Å². The number of fused-ring (bicyclic) bond motifs is 2. The molecule has 0 saturated heterocycles. The Morgan fingerprint density at radius 2 is 1.82 bits per heavy atom. The van der Waals surface area contributed by atoms with E-state index >= 15 is 0 Å². The number of carbonyl (C=O) groups is 2. The third-order valence-electron chi connectivity index (χ3n) is 5.39. The molecule has 0 aliphatic carbocycles. The molecule has 0 spiro atoms. The fraction of sp³-hybridized carbons (Fsp3) is 0.120. The number of aromatic nitrogens is 2. The highest BCUT2D eigenvalue weighted by Crippen LogP contribution is 2.34. The summed E-state index contributed by atoms with van der Waals surface area (Å²) in [7, 11) is 0. The highest BCUT2D eigenvalue weighted by Gasteiger charge is 2.19. The fourth-order valence-corrected chi connectivity index (χ4v) is 3.79. The van der Waals surface area contributed by atoms with Crippen LogP contribution in [0.3, 0.4) is 0 Å². The van der Waals surface area contributed by atoms with Crippen LogP contribution in [-0.4, -0.2) is 28.0 Å². The highest BCUT2D eigenvalue weighted by atomic mass is 16.7. The van der Waals surface area contributed by atoms with Crippen LogP contribution in [0, 0.1) is 6.92 Å². The largest absolute Gasteiger partial charge is 0.454 e. The molecule has 8 nitrogen and oxygen atoms in total. The molecule has 0 unspecified atom stereocenters. The summed E-state index contributed by atoms with van der Waals surface area (Å²) in [6.45, 7) is 1.92. The molecule has 0 bridgehead atoms. The van der Waals surface area contributed by atoms with Gasteiger partial charge in [-0.25, -0.2) is 0 Å². The van der Waals surface area contributed by atoms with Gasteiger partial charge >= 0.3 is 0 Å². The van der Waals surface area contributed by atoms with E-state index in [0.29, 0.717) is 33.7 Å². The third-order valence-corrected chi connectivity index (χ3v) is 5.39. The number of aryl methyl sites for hydroxylation is 1. The van der Waals surface area contributed by atoms with Gasteiger partial charge in [0.1, 0.15) is 6.54 Å². The zero-order chi connectivity index (χ0) is 22.9. The number of pyridine rings is 2. The summed E-state index contributed by atoms with van der Waals surface area (Å²) >= 11 is 0. The summed E-state index contributed by atoms with van der Waals surface area (Å²) in [4.78, 5) is 43.0. The van der Waals surface area contributed by atoms with Crippen molar-refractivity contribution in [1.29, 1.82) is 0 Å². The van der Waals surface area contributed by atoms with E-state index < -0.39 is 5.78 Å². The van der Waals surface area contributed by atoms with Gasteiger partial charge in [0.05, 0.1) is 11.1 Å². The van der Waals surface area contributed by atoms with Crippen LogP contribution in [0.1, 0.15) is 21.5 Å². The molecule has 1 aliphatic rings. The molecule has 5 rings (SSSR count). The van der Waals surface area contributed by atoms with E-state index in [1.165, 1.54) is 18.6 Å². The summed E-state index contributed by atoms with van der Waals surface area (Å²) < 4.78 is 12.3. The number of benzene rings is 2. The van der Waals surface area contributed by atoms with Crippen LogP contribution in [0.4, 0.5) is 5.69 Å². The molecule has 8 heteroatoms. The standard InChI is InChI=1S/C25H19N3O5/c1-15-2-4-20-18(10-15)25(31)19(24(30)16-6-8-26-9-7-16)12-28(20)13-23(29)27-17-3-5-21-22(11-17)33-14-32-21/h2-12H,13-14H2,1H3,(H,27,29). The topological polar surface area (TPSA) is 99.5 Å². The first-order valence-corrected chi connectivity index (χ1v) is 10.3. The van der Waals surface area contributed by atoms with Crippen molar-refractivity contribution in [2.45, 2.75) is 13.5 Å². The Hall–Kier alpha value is -4.46. The molecule has 0 atom stereocenters. The van der Waals surface area contributed by atoms with Crippen LogP contribution in [0.5, 0.6) is 11.5 Å². The quantitative estimate of drug-likeness (QED) is 0.477. The van der Waals surface area contributed by atoms with E-state index in [1.807, 2.05) is 13.0 Å². The Balaban J connectivity index is 1.51. The summed E-state index contributed by atoms with van der Waals surface area (Å²) in [5.74, 6) is 0.439. The van der Waals surface area contributed by atoms with Gasteiger partial charge in [-0.05, 0) is 43.3 Å². The molecule has 2 aromatic heterocycles. The molecule has 3 heterocycles. The molecular weight excluding hydrogens is 422 g/mol. The van der Waals surface area contributed by atoms with Crippen molar-refractivity contribution in [3.8, 4) is 11.5 Å². The molecular formula is C25H19N3O5. The number of carbonyl (C=O) groups excluding carboxylic acids is 2. The monoisotopic (exact) mass is 441 g/mol. The van der Waals surface area contributed by atoms with E-state index in [4.69, 9.17) is 9.47 Å². The van der Waals surface area contributed by atoms with E-state index in [9.17, 15) is 14.4 Å². The van der Waals surface area contributed by atoms with E-state index in [1.54, 1.807) is 47.0 Å². The highest BCUT2D eigenvalue weighted by molar-refractivity contribution is 6.10. The Morgan fingerprint density at radius 3 is 2.64 bits per heavy atom. The second-order valence-electron chi connectivity index (χ2n) is 7.70. The van der Waals surface area contributed by atoms with E-state index in [2.05, 4.69) is 10.3 Å². The maximum absolute atomic E-state index is 13.2. The van der Waals surface area contributed by atoms with Gasteiger partial charge in [0.25, 0.3) is 0 Å². The molecule has 0 radical (unpaired) electrons. The smallest absolute Gasteiger partial charge is 0.244 e. The van der Waals surface area contributed by atoms with Crippen molar-refractivity contribution in [3.63, 3.8) is 0 Å². The first-order chi connectivity index (χ1) is 16.0. The summed E-state index contributed by atoms with van der Waals surface area (Å²) in [5, 5.41) is 3.20. The van der Waals surface area contributed by atoms with E-state index in [-0.39, 0.29) is 30.2 Å². The first-order valence-electron chi connectivity index (χ1n) is 10.3. The number of nitrogens with zero attached hydrogens (tertiary/aromatic N) is 2. The van der Waals surface area contributed by atoms with Gasteiger partial charge < -0.3 is 19.4 Å². The number of ether oxygens (including phenoxy) is 2. The lowest BCUT2D eigenvalue weighted by molar-refractivity contribution is -0.116. The normalized spacial score (nSPS) is 12.0. The van der Waals surface area contributed by atoms with Gasteiger partial charge in [0.15, 0.2) is 17.3 Å². The molecule has 0 fully saturated rings. The summed E-state index contributed by atoms with van der Waals surface area (Å²) in [5.41, 5.74) is 1.98. The molecule has 1 amide bonds. The SMILES string of the molecule is Cc1ccc2c(c1)c(=O)c(C(=O)c1ccncc1)cn2CC(=O)Nc1ccc2c(c1)OCO2. The number of rotatable bonds is 5. The van der Waals surface area contributed by atoms with Crippen molar-refractivity contribution >= 4 is 28.3 Å². The zero-order valence-electron chi connectivity index (χ0n) is 17.7. The van der Waals surface area contributed by atoms with Crippen LogP contribution in [-0.2, 0) is 11.3 Å². The van der Waals surface area contributed by atoms with Crippen LogP contribution < -0.4 is 20.2 Å². The number of nitrogens with one attached hydrogen (secondary N) is 1. The lowest BCUT2D eigenvalue weighted by atomic mass is 10.0. The number of hydrogen-bond donors (Lipinski definition) is 1. The van der Waals surface area contributed by atoms with E-state index in [0.717, 1.165) is 5.56 Å². The number of hydrogen-bond acceptors (Lipinski definition) is 6. The third kappa shape index (κ3) is 3.94. The minimum absolute atomic E-state index is 0.00446. The molecule has 4 aromatic rings. The van der Waals surface area contributed by atoms with Crippen LogP contribution in [0.25, 0.3) is 10.9 Å². The van der Waals surface area contributed by atoms with Gasteiger partial charge in [-0.15, -0.1) is 0 Å². The van der Waals surface area contributed by atoms with Gasteiger partial charge in [-0.1, -0.05) is 11.6 Å². The van der Waals surface area contributed by atoms with Crippen LogP contribution in [0.2, 0.25) is 0 Å². The summed E-state index contributed by atoms with van der Waals surface area (Å²) in [6.07, 6.45) is 4.44. The molecule has 0 saturated carbocycles. The average Bonchev–Trinajstić information content (AvgIpc) is 3.29. The van der Waals surface area contributed by atoms with Crippen molar-refractivity contribution in [2.75, 3.05) is 12.1 Å². The van der Waals surface area contributed by atoms with Crippen molar-refractivity contribution in [2.24, 2.45) is 0 Å². The van der Waals surface area contributed by atoms with Crippen molar-refractivity contribution in [3.05, 3.63) is 94.0 Å². The van der Waals surface area contributed by atoms with Gasteiger partial charge in [0, 0.05) is 41.3 Å². The fourth-order valence-electron chi connectivity index (χ4n) is 3.79. The zero-order valence-corrected chi connectivity index (χ0v) is 17.7. The Bertz CT molecular complexity index is 1460. The lowest BCUT2D eigenvalue weighted by Gasteiger charge is -2.14. The average molecular weight is 441 g/mol. The minimum Gasteiger partial charge on any atom is -0.454 e. The maximum atomic E-state index is 13.2. The number of amides is 1. The second-order valence-corrected chi connectivity index (χ2v) is 7.70. The molecule has 1 aliphatic heterocycles. The minimum atomic E-state index is -0.421. The molecule has 2 aromatic carbocycles. The Morgan fingerprint density at radius 1 is 1.03 bits per heavy atom. The lowest BCUT2D eigenvalue weighted by Crippen LogP contribution is -2.24. The van der Waals surface area contributed by atoms with Gasteiger partial charge in [0.2, 0.25) is 18.1 Å². The maximum Gasteiger partial charge on any atom is 0.244 e. The predicted molar refractivity (Wildman–Crippen MR) is 122 cm³/mol. The summed E-state index contributed by atoms with van der Waals surface area (Å²) in [6, 6.07) is 13.6. The number of ketones is 1. The molecule has 164 valence electrons. The van der Waals surface area contributed by atoms with Gasteiger partial charge in [-0.3, -0.25) is 19.4 Å². The second kappa shape index (κ2) is 8.23. The Kier molecular flexibility index (Phi) is 5.10. The van der Waals surface area contributed by atoms with Crippen LogP contribution >= 0.6 is 0 Å². The van der Waals surface area contributed by atoms with Crippen LogP contribution in [0.15, 0.2) is 71.9 Å². The number of anilines is 1. The first kappa shape index (κ1) is 20.4. The molecule has 1 N–H and O–H groups in total.